The molecule has 0 saturated heterocycles. The number of hydrogen-bond acceptors (Lipinski definition) is 4. The molecule has 0 fully saturated rings. The van der Waals surface area contributed by atoms with Crippen LogP contribution in [0.15, 0.2) is 46.2 Å². The Labute approximate surface area is 200 Å². The van der Waals surface area contributed by atoms with Crippen LogP contribution in [-0.4, -0.2) is 45.3 Å². The molecular weight excluding hydrogens is 453 g/mol. The maximum Gasteiger partial charge on any atom is 0.193 e. The summed E-state index contributed by atoms with van der Waals surface area (Å²) < 4.78 is 25.6. The minimum absolute atomic E-state index is 0.0730. The fraction of sp³-hybridized carbons (Fsp3) is 0.600. The van der Waals surface area contributed by atoms with E-state index in [2.05, 4.69) is 66.5 Å². The standard InChI is InChI=1S/C25H42O4SSi2/c1-9-32(10-2,11-3)29-20-15-18-23(26)24(30(27)22-16-13-12-14-17-22)19-21-28-31(7,8)25(4,5)6/h12-14,16-17,19,23,26H,9-11,20-21H2,1-8H3/b24-19+/t23-,30+/m1/s1. The van der Waals surface area contributed by atoms with E-state index in [1.807, 2.05) is 18.2 Å². The monoisotopic (exact) mass is 494 g/mol. The molecule has 32 heavy (non-hydrogen) atoms. The third-order valence-corrected chi connectivity index (χ3v) is 17.2. The molecule has 0 saturated carbocycles. The maximum atomic E-state index is 13.2. The Kier molecular flexibility index (Phi) is 11.8. The summed E-state index contributed by atoms with van der Waals surface area (Å²) in [6.45, 7) is 18.0. The van der Waals surface area contributed by atoms with Gasteiger partial charge in [0.1, 0.15) is 6.10 Å². The molecule has 0 unspecified atom stereocenters. The van der Waals surface area contributed by atoms with Crippen molar-refractivity contribution in [2.24, 2.45) is 0 Å². The number of rotatable bonds is 11. The van der Waals surface area contributed by atoms with E-state index >= 15 is 0 Å². The van der Waals surface area contributed by atoms with Gasteiger partial charge in [0.25, 0.3) is 0 Å². The van der Waals surface area contributed by atoms with Crippen molar-refractivity contribution >= 4 is 27.4 Å². The molecule has 0 aromatic heterocycles. The van der Waals surface area contributed by atoms with Crippen LogP contribution in [-0.2, 0) is 19.7 Å². The molecule has 0 aliphatic heterocycles. The van der Waals surface area contributed by atoms with Gasteiger partial charge in [0.15, 0.2) is 16.6 Å². The predicted octanol–water partition coefficient (Wildman–Crippen LogP) is 6.09. The lowest BCUT2D eigenvalue weighted by Crippen LogP contribution is -2.40. The molecule has 1 aromatic carbocycles. The molecule has 7 heteroatoms. The Bertz CT molecular complexity index is 808. The number of benzene rings is 1. The Morgan fingerprint density at radius 1 is 1.09 bits per heavy atom. The minimum Gasteiger partial charge on any atom is -0.413 e. The molecule has 2 atom stereocenters. The number of hydrogen-bond donors (Lipinski definition) is 1. The molecule has 0 spiro atoms. The Morgan fingerprint density at radius 2 is 1.66 bits per heavy atom. The first-order valence-corrected chi connectivity index (χ1v) is 18.1. The SMILES string of the molecule is CC[Si](CC)(CC)OCC#C[C@@H](O)/C(=C\CO[Si](C)(C)C(C)(C)C)[S@@](=O)c1ccccc1. The van der Waals surface area contributed by atoms with E-state index < -0.39 is 33.5 Å². The molecule has 1 N–H and O–H groups in total. The first kappa shape index (κ1) is 29.0. The molecule has 180 valence electrons. The van der Waals surface area contributed by atoms with Crippen LogP contribution in [0.25, 0.3) is 0 Å². The van der Waals surface area contributed by atoms with Crippen LogP contribution in [0.3, 0.4) is 0 Å². The Balaban J connectivity index is 3.05. The molecule has 1 rings (SSSR count). The van der Waals surface area contributed by atoms with E-state index in [-0.39, 0.29) is 5.04 Å². The normalized spacial score (nSPS) is 15.1. The van der Waals surface area contributed by atoms with Gasteiger partial charge in [0.05, 0.1) is 28.9 Å². The fourth-order valence-electron chi connectivity index (χ4n) is 2.97. The summed E-state index contributed by atoms with van der Waals surface area (Å²) in [5.41, 5.74) is 0. The average molecular weight is 495 g/mol. The Hall–Kier alpha value is -1.02. The molecule has 0 aliphatic carbocycles. The lowest BCUT2D eigenvalue weighted by molar-refractivity contribution is 0.272. The smallest absolute Gasteiger partial charge is 0.193 e. The van der Waals surface area contributed by atoms with Gasteiger partial charge < -0.3 is 14.0 Å². The van der Waals surface area contributed by atoms with Crippen molar-refractivity contribution in [1.82, 2.24) is 0 Å². The lowest BCUT2D eigenvalue weighted by atomic mass is 10.2. The summed E-state index contributed by atoms with van der Waals surface area (Å²) in [7, 11) is -5.20. The fourth-order valence-corrected chi connectivity index (χ4v) is 7.55. The highest BCUT2D eigenvalue weighted by atomic mass is 32.2. The van der Waals surface area contributed by atoms with Crippen LogP contribution < -0.4 is 0 Å². The molecule has 0 aliphatic rings. The van der Waals surface area contributed by atoms with E-state index in [0.717, 1.165) is 18.1 Å². The second-order valence-electron chi connectivity index (χ2n) is 9.52. The minimum atomic E-state index is -1.96. The van der Waals surface area contributed by atoms with Crippen LogP contribution in [0.1, 0.15) is 41.5 Å². The Morgan fingerprint density at radius 3 is 2.16 bits per heavy atom. The van der Waals surface area contributed by atoms with Crippen LogP contribution in [0, 0.1) is 11.8 Å². The zero-order valence-electron chi connectivity index (χ0n) is 21.2. The third kappa shape index (κ3) is 8.40. The predicted molar refractivity (Wildman–Crippen MR) is 141 cm³/mol. The summed E-state index contributed by atoms with van der Waals surface area (Å²) in [4.78, 5) is 1.00. The van der Waals surface area contributed by atoms with E-state index in [0.29, 0.717) is 23.0 Å². The zero-order chi connectivity index (χ0) is 24.4. The van der Waals surface area contributed by atoms with Gasteiger partial charge in [-0.1, -0.05) is 71.6 Å². The maximum absolute atomic E-state index is 13.2. The van der Waals surface area contributed by atoms with E-state index in [9.17, 15) is 9.32 Å². The second kappa shape index (κ2) is 13.0. The van der Waals surface area contributed by atoms with Gasteiger partial charge in [-0.25, -0.2) is 4.21 Å². The van der Waals surface area contributed by atoms with Crippen LogP contribution in [0.4, 0.5) is 0 Å². The third-order valence-electron chi connectivity index (χ3n) is 6.60. The van der Waals surface area contributed by atoms with Gasteiger partial charge in [-0.05, 0) is 54.5 Å². The number of aliphatic hydroxyl groups is 1. The van der Waals surface area contributed by atoms with Gasteiger partial charge in [0.2, 0.25) is 0 Å². The van der Waals surface area contributed by atoms with Gasteiger partial charge in [-0.2, -0.15) is 0 Å². The molecular formula is C25H42O4SSi2. The van der Waals surface area contributed by atoms with Gasteiger partial charge in [-0.15, -0.1) is 0 Å². The summed E-state index contributed by atoms with van der Waals surface area (Å²) in [5, 5.41) is 10.9. The number of aliphatic hydroxyl groups excluding tert-OH is 1. The highest BCUT2D eigenvalue weighted by molar-refractivity contribution is 7.89. The summed E-state index contributed by atoms with van der Waals surface area (Å²) >= 11 is 0. The first-order chi connectivity index (χ1) is 14.9. The quantitative estimate of drug-likeness (QED) is 0.299. The highest BCUT2D eigenvalue weighted by Crippen LogP contribution is 2.36. The van der Waals surface area contributed by atoms with Crippen LogP contribution in [0.5, 0.6) is 0 Å². The van der Waals surface area contributed by atoms with E-state index in [1.165, 1.54) is 0 Å². The molecule has 1 aromatic rings. The van der Waals surface area contributed by atoms with Crippen molar-refractivity contribution in [3.05, 3.63) is 41.3 Å². The van der Waals surface area contributed by atoms with Gasteiger partial charge in [0, 0.05) is 4.90 Å². The molecule has 0 amide bonds. The second-order valence-corrected chi connectivity index (χ2v) is 20.6. The highest BCUT2D eigenvalue weighted by Gasteiger charge is 2.37. The largest absolute Gasteiger partial charge is 0.413 e. The van der Waals surface area contributed by atoms with Crippen LogP contribution >= 0.6 is 0 Å². The zero-order valence-corrected chi connectivity index (χ0v) is 24.0. The molecule has 0 bridgehead atoms. The van der Waals surface area contributed by atoms with Crippen molar-refractivity contribution < 1.29 is 18.2 Å². The average Bonchev–Trinajstić information content (AvgIpc) is 2.76. The molecule has 0 radical (unpaired) electrons. The van der Waals surface area contributed by atoms with E-state index in [4.69, 9.17) is 8.85 Å². The van der Waals surface area contributed by atoms with Crippen LogP contribution in [0.2, 0.25) is 36.3 Å². The summed E-state index contributed by atoms with van der Waals surface area (Å²) in [6.07, 6.45) is 0.607. The first-order valence-electron chi connectivity index (χ1n) is 11.5. The van der Waals surface area contributed by atoms with Crippen molar-refractivity contribution in [3.8, 4) is 11.8 Å². The van der Waals surface area contributed by atoms with Crippen molar-refractivity contribution in [2.75, 3.05) is 13.2 Å². The summed E-state index contributed by atoms with van der Waals surface area (Å²) in [6, 6.07) is 12.3. The lowest BCUT2D eigenvalue weighted by Gasteiger charge is -2.35. The van der Waals surface area contributed by atoms with Crippen molar-refractivity contribution in [2.45, 2.75) is 88.8 Å². The van der Waals surface area contributed by atoms with Crippen molar-refractivity contribution in [1.29, 1.82) is 0 Å². The van der Waals surface area contributed by atoms with Gasteiger partial charge >= 0.3 is 0 Å². The molecule has 4 nitrogen and oxygen atoms in total. The topological polar surface area (TPSA) is 55.8 Å². The van der Waals surface area contributed by atoms with E-state index in [1.54, 1.807) is 18.2 Å². The van der Waals surface area contributed by atoms with Crippen molar-refractivity contribution in [3.63, 3.8) is 0 Å². The summed E-state index contributed by atoms with van der Waals surface area (Å²) in [5.74, 6) is 5.82. The van der Waals surface area contributed by atoms with Gasteiger partial charge in [-0.3, -0.25) is 0 Å². The molecule has 0 heterocycles.